The molecule has 0 radical (unpaired) electrons. The molecule has 0 aliphatic carbocycles. The summed E-state index contributed by atoms with van der Waals surface area (Å²) in [4.78, 5) is 23.9. The highest BCUT2D eigenvalue weighted by atomic mass is 32.1. The molecule has 110 valence electrons. The van der Waals surface area contributed by atoms with E-state index in [4.69, 9.17) is 5.73 Å². The van der Waals surface area contributed by atoms with Crippen molar-refractivity contribution in [3.05, 3.63) is 28.6 Å². The van der Waals surface area contributed by atoms with Crippen molar-refractivity contribution >= 4 is 38.9 Å². The summed E-state index contributed by atoms with van der Waals surface area (Å²) < 4.78 is 1.02. The lowest BCUT2D eigenvalue weighted by Gasteiger charge is -2.10. The second kappa shape index (κ2) is 5.37. The zero-order chi connectivity index (χ0) is 15.0. The van der Waals surface area contributed by atoms with Crippen LogP contribution >= 0.6 is 11.3 Å². The Hall–Kier alpha value is -2.08. The van der Waals surface area contributed by atoms with Crippen LogP contribution in [-0.4, -0.2) is 24.4 Å². The van der Waals surface area contributed by atoms with Gasteiger partial charge >= 0.3 is 0 Å². The summed E-state index contributed by atoms with van der Waals surface area (Å²) in [6, 6.07) is 6.00. The topological polar surface area (TPSA) is 84.2 Å². The molecule has 5 nitrogen and oxygen atoms in total. The molecule has 2 aromatic rings. The predicted octanol–water partition coefficient (Wildman–Crippen LogP) is 1.80. The van der Waals surface area contributed by atoms with Gasteiger partial charge in [0.2, 0.25) is 5.91 Å². The second-order valence-electron chi connectivity index (χ2n) is 5.36. The van der Waals surface area contributed by atoms with E-state index < -0.39 is 0 Å². The van der Waals surface area contributed by atoms with E-state index >= 15 is 0 Å². The number of benzene rings is 1. The number of fused-ring (bicyclic) bond motifs is 1. The number of amides is 2. The fourth-order valence-electron chi connectivity index (χ4n) is 2.52. The quantitative estimate of drug-likeness (QED) is 0.808. The Kier molecular flexibility index (Phi) is 3.55. The van der Waals surface area contributed by atoms with Crippen LogP contribution in [0.5, 0.6) is 0 Å². The summed E-state index contributed by atoms with van der Waals surface area (Å²) in [6.07, 6.45) is 1.30. The van der Waals surface area contributed by atoms with E-state index in [1.807, 2.05) is 25.1 Å². The van der Waals surface area contributed by atoms with Crippen molar-refractivity contribution in [2.24, 2.45) is 0 Å². The molecule has 0 bridgehead atoms. The van der Waals surface area contributed by atoms with Crippen LogP contribution in [0.2, 0.25) is 0 Å². The van der Waals surface area contributed by atoms with E-state index in [0.29, 0.717) is 23.5 Å². The van der Waals surface area contributed by atoms with Crippen molar-refractivity contribution in [2.45, 2.75) is 25.8 Å². The van der Waals surface area contributed by atoms with Crippen molar-refractivity contribution in [1.29, 1.82) is 0 Å². The Morgan fingerprint density at radius 2 is 2.33 bits per heavy atom. The first-order valence-electron chi connectivity index (χ1n) is 6.91. The number of hydrogen-bond acceptors (Lipinski definition) is 4. The molecular weight excluding hydrogens is 286 g/mol. The molecule has 2 heterocycles. The molecule has 6 heteroatoms. The van der Waals surface area contributed by atoms with Crippen molar-refractivity contribution in [2.75, 3.05) is 12.3 Å². The Labute approximate surface area is 126 Å². The van der Waals surface area contributed by atoms with Gasteiger partial charge in [0.15, 0.2) is 0 Å². The molecule has 1 aliphatic heterocycles. The van der Waals surface area contributed by atoms with Crippen molar-refractivity contribution in [1.82, 2.24) is 10.6 Å². The number of hydrogen-bond donors (Lipinski definition) is 3. The van der Waals surface area contributed by atoms with Gasteiger partial charge in [-0.15, -0.1) is 11.3 Å². The van der Waals surface area contributed by atoms with E-state index in [1.54, 1.807) is 0 Å². The van der Waals surface area contributed by atoms with Gasteiger partial charge in [0.25, 0.3) is 5.91 Å². The van der Waals surface area contributed by atoms with Crippen LogP contribution in [0.25, 0.3) is 10.1 Å². The van der Waals surface area contributed by atoms with E-state index in [1.165, 1.54) is 11.3 Å². The lowest BCUT2D eigenvalue weighted by Crippen LogP contribution is -2.38. The van der Waals surface area contributed by atoms with Crippen LogP contribution in [-0.2, 0) is 4.79 Å². The molecule has 1 aliphatic rings. The van der Waals surface area contributed by atoms with Crippen LogP contribution < -0.4 is 16.4 Å². The monoisotopic (exact) mass is 303 g/mol. The second-order valence-corrected chi connectivity index (χ2v) is 6.41. The van der Waals surface area contributed by atoms with Gasteiger partial charge in [-0.25, -0.2) is 0 Å². The Morgan fingerprint density at radius 3 is 3.05 bits per heavy atom. The van der Waals surface area contributed by atoms with Gasteiger partial charge < -0.3 is 16.4 Å². The van der Waals surface area contributed by atoms with E-state index in [9.17, 15) is 9.59 Å². The maximum atomic E-state index is 12.3. The summed E-state index contributed by atoms with van der Waals surface area (Å²) in [7, 11) is 0. The Balaban J connectivity index is 1.75. The predicted molar refractivity (Wildman–Crippen MR) is 84.5 cm³/mol. The summed E-state index contributed by atoms with van der Waals surface area (Å²) in [5.41, 5.74) is 7.75. The molecule has 2 amide bonds. The lowest BCUT2D eigenvalue weighted by molar-refractivity contribution is -0.119. The number of anilines is 1. The van der Waals surface area contributed by atoms with Crippen LogP contribution in [0, 0.1) is 6.92 Å². The van der Waals surface area contributed by atoms with Crippen molar-refractivity contribution < 1.29 is 9.59 Å². The average molecular weight is 303 g/mol. The summed E-state index contributed by atoms with van der Waals surface area (Å²) >= 11 is 1.40. The van der Waals surface area contributed by atoms with Crippen LogP contribution in [0.15, 0.2) is 18.2 Å². The first kappa shape index (κ1) is 13.9. The molecular formula is C15H17N3O2S. The van der Waals surface area contributed by atoms with Crippen molar-refractivity contribution in [3.63, 3.8) is 0 Å². The molecule has 1 saturated heterocycles. The molecule has 4 N–H and O–H groups in total. The van der Waals surface area contributed by atoms with Gasteiger partial charge in [0.05, 0.1) is 5.69 Å². The smallest absolute Gasteiger partial charge is 0.263 e. The number of carbonyl (C=O) groups is 2. The summed E-state index contributed by atoms with van der Waals surface area (Å²) in [5, 5.41) is 6.60. The molecule has 0 spiro atoms. The molecule has 1 unspecified atom stereocenters. The molecule has 1 atom stereocenters. The maximum Gasteiger partial charge on any atom is 0.263 e. The lowest BCUT2D eigenvalue weighted by atomic mass is 10.1. The normalized spacial score (nSPS) is 18.0. The van der Waals surface area contributed by atoms with Gasteiger partial charge in [-0.3, -0.25) is 9.59 Å². The number of thiophene rings is 1. The maximum absolute atomic E-state index is 12.3. The van der Waals surface area contributed by atoms with Gasteiger partial charge in [-0.05, 0) is 25.0 Å². The van der Waals surface area contributed by atoms with Crippen LogP contribution in [0.1, 0.15) is 28.1 Å². The molecule has 1 aromatic carbocycles. The number of nitrogens with two attached hydrogens (primary N) is 1. The minimum atomic E-state index is -0.174. The third-order valence-electron chi connectivity index (χ3n) is 3.68. The Morgan fingerprint density at radius 1 is 1.52 bits per heavy atom. The summed E-state index contributed by atoms with van der Waals surface area (Å²) in [5.74, 6) is -0.126. The molecule has 0 saturated carbocycles. The summed E-state index contributed by atoms with van der Waals surface area (Å²) in [6.45, 7) is 2.45. The number of aryl methyl sites for hydroxylation is 1. The van der Waals surface area contributed by atoms with Gasteiger partial charge in [-0.2, -0.15) is 0 Å². The minimum Gasteiger partial charge on any atom is -0.397 e. The molecule has 1 fully saturated rings. The van der Waals surface area contributed by atoms with E-state index in [0.717, 1.165) is 22.1 Å². The Bertz CT molecular complexity index is 723. The highest BCUT2D eigenvalue weighted by Crippen LogP contribution is 2.34. The molecule has 21 heavy (non-hydrogen) atoms. The fourth-order valence-corrected chi connectivity index (χ4v) is 3.66. The largest absolute Gasteiger partial charge is 0.397 e. The van der Waals surface area contributed by atoms with Gasteiger partial charge in [0, 0.05) is 29.1 Å². The molecule has 1 aromatic heterocycles. The third-order valence-corrected chi connectivity index (χ3v) is 4.85. The standard InChI is InChI=1S/C15H17N3O2S/c1-8-2-4-10-11(6-8)21-14(13(10)16)15(20)17-7-9-3-5-12(19)18-9/h2,4,6,9H,3,5,7,16H2,1H3,(H,17,20)(H,18,19). The number of carbonyl (C=O) groups excluding carboxylic acids is 2. The average Bonchev–Trinajstić information content (AvgIpc) is 3.00. The van der Waals surface area contributed by atoms with E-state index in [2.05, 4.69) is 10.6 Å². The van der Waals surface area contributed by atoms with Crippen molar-refractivity contribution in [3.8, 4) is 0 Å². The van der Waals surface area contributed by atoms with Gasteiger partial charge in [-0.1, -0.05) is 12.1 Å². The number of nitrogen functional groups attached to an aromatic ring is 1. The highest BCUT2D eigenvalue weighted by molar-refractivity contribution is 7.21. The van der Waals surface area contributed by atoms with Crippen LogP contribution in [0.4, 0.5) is 5.69 Å². The molecule has 3 rings (SSSR count). The minimum absolute atomic E-state index is 0.0271. The SMILES string of the molecule is Cc1ccc2c(N)c(C(=O)NCC3CCC(=O)N3)sc2c1. The van der Waals surface area contributed by atoms with E-state index in [-0.39, 0.29) is 17.9 Å². The number of rotatable bonds is 3. The van der Waals surface area contributed by atoms with Gasteiger partial charge in [0.1, 0.15) is 4.88 Å². The third kappa shape index (κ3) is 2.71. The first-order valence-corrected chi connectivity index (χ1v) is 7.72. The highest BCUT2D eigenvalue weighted by Gasteiger charge is 2.22. The fraction of sp³-hybridized carbons (Fsp3) is 0.333. The number of nitrogens with one attached hydrogen (secondary N) is 2. The van der Waals surface area contributed by atoms with Crippen LogP contribution in [0.3, 0.4) is 0 Å². The first-order chi connectivity index (χ1) is 10.0. The zero-order valence-electron chi connectivity index (χ0n) is 11.7. The zero-order valence-corrected chi connectivity index (χ0v) is 12.5.